The first kappa shape index (κ1) is 25.0. The first-order valence-corrected chi connectivity index (χ1v) is 13.5. The maximum Gasteiger partial charge on any atom is 0.314 e. The van der Waals surface area contributed by atoms with Gasteiger partial charge in [-0.1, -0.05) is 37.1 Å². The molecule has 3 aliphatic rings. The third-order valence-electron chi connectivity index (χ3n) is 8.64. The number of hydrogen-bond acceptors (Lipinski definition) is 3. The fraction of sp³-hybridized carbons (Fsp3) is 0.633. The molecule has 0 amide bonds. The highest BCUT2D eigenvalue weighted by Gasteiger charge is 2.43. The first-order valence-electron chi connectivity index (χ1n) is 13.5. The molecule has 1 aromatic rings. The van der Waals surface area contributed by atoms with Gasteiger partial charge in [-0.25, -0.2) is 4.39 Å². The zero-order valence-electron chi connectivity index (χ0n) is 20.9. The Morgan fingerprint density at radius 2 is 1.76 bits per heavy atom. The minimum absolute atomic E-state index is 0.0112. The Hall–Kier alpha value is -2.10. The van der Waals surface area contributed by atoms with Crippen LogP contribution in [0.5, 0.6) is 11.5 Å². The molecule has 0 spiro atoms. The molecule has 4 unspecified atom stereocenters. The summed E-state index contributed by atoms with van der Waals surface area (Å²) in [6, 6.07) is 4.47. The predicted molar refractivity (Wildman–Crippen MR) is 134 cm³/mol. The van der Waals surface area contributed by atoms with E-state index in [2.05, 4.69) is 19.1 Å². The van der Waals surface area contributed by atoms with Gasteiger partial charge >= 0.3 is 5.97 Å². The standard InChI is InChI=1S/C30H41FO3/c1-3-5-18-33-25-15-17-29(28(31)20-25)34-30(32)27-9-6-8-24-19-23(14-16-26(24)27)22-12-10-21(7-4-2)11-13-22/h3-5,7,15,17,20-24,26-27H,6,8-14,16,18-19H2,1-2H3/b5-3+,7-4+. The number of halogens is 1. The van der Waals surface area contributed by atoms with E-state index < -0.39 is 5.82 Å². The summed E-state index contributed by atoms with van der Waals surface area (Å²) in [7, 11) is 0. The molecular formula is C30H41FO3. The smallest absolute Gasteiger partial charge is 0.314 e. The van der Waals surface area contributed by atoms with E-state index in [1.54, 1.807) is 6.07 Å². The SMILES string of the molecule is C/C=C/COc1ccc(OC(=O)C2CCCC3CC(C4CCC(/C=C/C)CC4)CCC32)c(F)c1. The highest BCUT2D eigenvalue weighted by Crippen LogP contribution is 2.50. The van der Waals surface area contributed by atoms with Gasteiger partial charge in [0.05, 0.1) is 5.92 Å². The molecule has 4 heteroatoms. The first-order chi connectivity index (χ1) is 16.6. The Morgan fingerprint density at radius 1 is 0.971 bits per heavy atom. The highest BCUT2D eigenvalue weighted by molar-refractivity contribution is 5.75. The second-order valence-corrected chi connectivity index (χ2v) is 10.6. The fourth-order valence-electron chi connectivity index (χ4n) is 6.88. The van der Waals surface area contributed by atoms with Gasteiger partial charge in [0.2, 0.25) is 0 Å². The Balaban J connectivity index is 1.32. The molecule has 3 saturated carbocycles. The molecule has 3 aliphatic carbocycles. The van der Waals surface area contributed by atoms with Gasteiger partial charge in [-0.2, -0.15) is 0 Å². The summed E-state index contributed by atoms with van der Waals surface area (Å²) in [5.41, 5.74) is 0. The summed E-state index contributed by atoms with van der Waals surface area (Å²) < 4.78 is 25.7. The van der Waals surface area contributed by atoms with Crippen molar-refractivity contribution in [3.8, 4) is 11.5 Å². The molecule has 0 saturated heterocycles. The summed E-state index contributed by atoms with van der Waals surface area (Å²) in [5, 5.41) is 0. The molecule has 34 heavy (non-hydrogen) atoms. The lowest BCUT2D eigenvalue weighted by molar-refractivity contribution is -0.144. The molecule has 3 nitrogen and oxygen atoms in total. The zero-order chi connectivity index (χ0) is 23.9. The van der Waals surface area contributed by atoms with Crippen LogP contribution >= 0.6 is 0 Å². The molecular weight excluding hydrogens is 427 g/mol. The van der Waals surface area contributed by atoms with Crippen LogP contribution in [0.4, 0.5) is 4.39 Å². The molecule has 0 heterocycles. The normalized spacial score (nSPS) is 32.0. The Morgan fingerprint density at radius 3 is 2.50 bits per heavy atom. The molecule has 4 atom stereocenters. The maximum absolute atomic E-state index is 14.6. The number of esters is 1. The number of carbonyl (C=O) groups is 1. The number of fused-ring (bicyclic) bond motifs is 1. The highest BCUT2D eigenvalue weighted by atomic mass is 19.1. The van der Waals surface area contributed by atoms with Crippen LogP contribution in [0, 0.1) is 41.3 Å². The summed E-state index contributed by atoms with van der Waals surface area (Å²) in [4.78, 5) is 13.1. The lowest BCUT2D eigenvalue weighted by atomic mass is 9.59. The van der Waals surface area contributed by atoms with Crippen LogP contribution in [-0.4, -0.2) is 12.6 Å². The average Bonchev–Trinajstić information content (AvgIpc) is 2.85. The average molecular weight is 469 g/mol. The zero-order valence-corrected chi connectivity index (χ0v) is 20.9. The van der Waals surface area contributed by atoms with Crippen molar-refractivity contribution < 1.29 is 18.7 Å². The van der Waals surface area contributed by atoms with Crippen molar-refractivity contribution in [2.24, 2.45) is 35.5 Å². The predicted octanol–water partition coefficient (Wildman–Crippen LogP) is 7.90. The molecule has 0 aromatic heterocycles. The van der Waals surface area contributed by atoms with E-state index in [-0.39, 0.29) is 17.6 Å². The molecule has 0 radical (unpaired) electrons. The Kier molecular flexibility index (Phi) is 8.86. The van der Waals surface area contributed by atoms with Gasteiger partial charge in [-0.05, 0) is 107 Å². The quantitative estimate of drug-likeness (QED) is 0.232. The monoisotopic (exact) mass is 468 g/mol. The second-order valence-electron chi connectivity index (χ2n) is 10.6. The van der Waals surface area contributed by atoms with Crippen molar-refractivity contribution in [3.63, 3.8) is 0 Å². The van der Waals surface area contributed by atoms with E-state index in [9.17, 15) is 9.18 Å². The van der Waals surface area contributed by atoms with Crippen molar-refractivity contribution in [1.82, 2.24) is 0 Å². The summed E-state index contributed by atoms with van der Waals surface area (Å²) in [6.07, 6.45) is 20.5. The molecule has 0 N–H and O–H groups in total. The van der Waals surface area contributed by atoms with E-state index in [1.807, 2.05) is 19.1 Å². The van der Waals surface area contributed by atoms with Crippen molar-refractivity contribution in [1.29, 1.82) is 0 Å². The van der Waals surface area contributed by atoms with Crippen LogP contribution in [-0.2, 0) is 4.79 Å². The summed E-state index contributed by atoms with van der Waals surface area (Å²) >= 11 is 0. The number of hydrogen-bond donors (Lipinski definition) is 0. The largest absolute Gasteiger partial charge is 0.489 e. The van der Waals surface area contributed by atoms with E-state index in [1.165, 1.54) is 57.1 Å². The van der Waals surface area contributed by atoms with Crippen LogP contribution in [0.2, 0.25) is 0 Å². The fourth-order valence-corrected chi connectivity index (χ4v) is 6.88. The topological polar surface area (TPSA) is 35.5 Å². The molecule has 186 valence electrons. The van der Waals surface area contributed by atoms with E-state index in [4.69, 9.17) is 9.47 Å². The third kappa shape index (κ3) is 6.12. The second kappa shape index (κ2) is 12.0. The van der Waals surface area contributed by atoms with Crippen LogP contribution in [0.1, 0.15) is 78.1 Å². The number of carbonyl (C=O) groups excluding carboxylic acids is 1. The van der Waals surface area contributed by atoms with E-state index in [0.717, 1.165) is 37.0 Å². The minimum atomic E-state index is -0.545. The van der Waals surface area contributed by atoms with Crippen LogP contribution in [0.15, 0.2) is 42.5 Å². The van der Waals surface area contributed by atoms with Crippen molar-refractivity contribution in [2.45, 2.75) is 78.1 Å². The van der Waals surface area contributed by atoms with Crippen molar-refractivity contribution >= 4 is 5.97 Å². The van der Waals surface area contributed by atoms with Crippen LogP contribution in [0.25, 0.3) is 0 Å². The van der Waals surface area contributed by atoms with Gasteiger partial charge < -0.3 is 9.47 Å². The number of rotatable bonds is 7. The van der Waals surface area contributed by atoms with Crippen molar-refractivity contribution in [3.05, 3.63) is 48.3 Å². The van der Waals surface area contributed by atoms with Crippen molar-refractivity contribution in [2.75, 3.05) is 6.61 Å². The lowest BCUT2D eigenvalue weighted by Crippen LogP contribution is -2.40. The number of benzene rings is 1. The minimum Gasteiger partial charge on any atom is -0.489 e. The third-order valence-corrected chi connectivity index (χ3v) is 8.64. The molecule has 0 aliphatic heterocycles. The maximum atomic E-state index is 14.6. The van der Waals surface area contributed by atoms with Gasteiger partial charge in [0.25, 0.3) is 0 Å². The molecule has 4 rings (SSSR count). The summed E-state index contributed by atoms with van der Waals surface area (Å²) in [5.74, 6) is 3.01. The van der Waals surface area contributed by atoms with Crippen LogP contribution in [0.3, 0.4) is 0 Å². The number of ether oxygens (including phenoxy) is 2. The number of allylic oxidation sites excluding steroid dienone is 3. The van der Waals surface area contributed by atoms with Gasteiger partial charge in [0.15, 0.2) is 11.6 Å². The van der Waals surface area contributed by atoms with E-state index in [0.29, 0.717) is 24.2 Å². The van der Waals surface area contributed by atoms with Gasteiger partial charge in [-0.15, -0.1) is 0 Å². The van der Waals surface area contributed by atoms with E-state index >= 15 is 0 Å². The van der Waals surface area contributed by atoms with Gasteiger partial charge in [0.1, 0.15) is 12.4 Å². The van der Waals surface area contributed by atoms with Gasteiger partial charge in [-0.3, -0.25) is 4.79 Å². The van der Waals surface area contributed by atoms with Crippen LogP contribution < -0.4 is 9.47 Å². The summed E-state index contributed by atoms with van der Waals surface area (Å²) in [6.45, 7) is 4.42. The van der Waals surface area contributed by atoms with Gasteiger partial charge in [0, 0.05) is 6.07 Å². The molecule has 3 fully saturated rings. The molecule has 1 aromatic carbocycles. The lowest BCUT2D eigenvalue weighted by Gasteiger charge is -2.45. The Bertz CT molecular complexity index is 868. The molecule has 0 bridgehead atoms. The Labute approximate surface area is 204 Å².